The summed E-state index contributed by atoms with van der Waals surface area (Å²) in [5.74, 6) is 7.45. The second kappa shape index (κ2) is 8.13. The molecule has 0 aliphatic rings. The normalized spacial score (nSPS) is 10.6. The van der Waals surface area contributed by atoms with Gasteiger partial charge in [-0.2, -0.15) is 4.68 Å². The van der Waals surface area contributed by atoms with Gasteiger partial charge in [0.1, 0.15) is 5.75 Å². The standard InChI is InChI=1S/C19H21N5O2S/c1-12-5-4-6-13(2)16(12)21-17-18(25)24(20)19(23-22-17)27-11-14-7-9-15(26-3)10-8-14/h4-10H,11,20H2,1-3H3,(H,21,22). The summed E-state index contributed by atoms with van der Waals surface area (Å²) in [5, 5.41) is 11.6. The summed E-state index contributed by atoms with van der Waals surface area (Å²) in [7, 11) is 1.63. The van der Waals surface area contributed by atoms with E-state index in [1.165, 1.54) is 11.8 Å². The Morgan fingerprint density at radius 1 is 1.11 bits per heavy atom. The van der Waals surface area contributed by atoms with E-state index in [-0.39, 0.29) is 5.82 Å². The van der Waals surface area contributed by atoms with Crippen LogP contribution >= 0.6 is 11.8 Å². The molecule has 3 rings (SSSR count). The molecule has 0 fully saturated rings. The van der Waals surface area contributed by atoms with Crippen LogP contribution in [0.4, 0.5) is 11.5 Å². The van der Waals surface area contributed by atoms with Crippen LogP contribution in [0.3, 0.4) is 0 Å². The second-order valence-electron chi connectivity index (χ2n) is 6.03. The van der Waals surface area contributed by atoms with Crippen molar-refractivity contribution in [2.24, 2.45) is 0 Å². The van der Waals surface area contributed by atoms with Crippen LogP contribution in [0, 0.1) is 13.8 Å². The number of ether oxygens (including phenoxy) is 1. The van der Waals surface area contributed by atoms with E-state index in [1.54, 1.807) is 7.11 Å². The number of aromatic nitrogens is 3. The van der Waals surface area contributed by atoms with E-state index in [1.807, 2.05) is 56.3 Å². The molecule has 0 radical (unpaired) electrons. The van der Waals surface area contributed by atoms with Gasteiger partial charge in [-0.1, -0.05) is 42.1 Å². The maximum Gasteiger partial charge on any atom is 0.315 e. The van der Waals surface area contributed by atoms with Crippen molar-refractivity contribution in [1.29, 1.82) is 0 Å². The Bertz CT molecular complexity index is 982. The molecule has 1 heterocycles. The second-order valence-corrected chi connectivity index (χ2v) is 6.98. The van der Waals surface area contributed by atoms with Crippen molar-refractivity contribution in [1.82, 2.24) is 14.9 Å². The maximum atomic E-state index is 12.6. The van der Waals surface area contributed by atoms with Crippen molar-refractivity contribution in [2.75, 3.05) is 18.3 Å². The van der Waals surface area contributed by atoms with Crippen LogP contribution in [0.15, 0.2) is 52.4 Å². The summed E-state index contributed by atoms with van der Waals surface area (Å²) >= 11 is 1.34. The van der Waals surface area contributed by atoms with Crippen molar-refractivity contribution < 1.29 is 4.74 Å². The van der Waals surface area contributed by atoms with Gasteiger partial charge in [0.15, 0.2) is 0 Å². The van der Waals surface area contributed by atoms with Gasteiger partial charge >= 0.3 is 5.56 Å². The Morgan fingerprint density at radius 3 is 2.41 bits per heavy atom. The third-order valence-corrected chi connectivity index (χ3v) is 5.13. The fourth-order valence-corrected chi connectivity index (χ4v) is 3.37. The highest BCUT2D eigenvalue weighted by Crippen LogP contribution is 2.23. The molecule has 8 heteroatoms. The third kappa shape index (κ3) is 4.22. The number of methoxy groups -OCH3 is 1. The molecule has 27 heavy (non-hydrogen) atoms. The zero-order valence-corrected chi connectivity index (χ0v) is 16.2. The van der Waals surface area contributed by atoms with E-state index in [2.05, 4.69) is 15.5 Å². The summed E-state index contributed by atoms with van der Waals surface area (Å²) in [5.41, 5.74) is 3.50. The lowest BCUT2D eigenvalue weighted by atomic mass is 10.1. The van der Waals surface area contributed by atoms with Crippen molar-refractivity contribution >= 4 is 23.3 Å². The number of nitrogens with two attached hydrogens (primary N) is 1. The van der Waals surface area contributed by atoms with Crippen LogP contribution in [0.1, 0.15) is 16.7 Å². The fraction of sp³-hybridized carbons (Fsp3) is 0.211. The lowest BCUT2D eigenvalue weighted by molar-refractivity contribution is 0.414. The minimum Gasteiger partial charge on any atom is -0.497 e. The lowest BCUT2D eigenvalue weighted by Crippen LogP contribution is -2.32. The van der Waals surface area contributed by atoms with Crippen molar-refractivity contribution in [3.63, 3.8) is 0 Å². The van der Waals surface area contributed by atoms with Crippen LogP contribution in [0.25, 0.3) is 0 Å². The first-order valence-corrected chi connectivity index (χ1v) is 9.32. The predicted octanol–water partition coefficient (Wildman–Crippen LogP) is 3.01. The number of rotatable bonds is 6. The smallest absolute Gasteiger partial charge is 0.315 e. The highest BCUT2D eigenvalue weighted by molar-refractivity contribution is 7.98. The lowest BCUT2D eigenvalue weighted by Gasteiger charge is -2.12. The molecule has 3 aromatic rings. The van der Waals surface area contributed by atoms with Gasteiger partial charge in [0.2, 0.25) is 11.0 Å². The molecule has 7 nitrogen and oxygen atoms in total. The number of nitrogen functional groups attached to an aromatic ring is 1. The molecule has 0 aliphatic carbocycles. The van der Waals surface area contributed by atoms with Crippen LogP contribution in [-0.4, -0.2) is 22.0 Å². The van der Waals surface area contributed by atoms with E-state index >= 15 is 0 Å². The van der Waals surface area contributed by atoms with Gasteiger partial charge in [0.05, 0.1) is 7.11 Å². The number of anilines is 2. The van der Waals surface area contributed by atoms with Gasteiger partial charge in [-0.05, 0) is 42.7 Å². The quantitative estimate of drug-likeness (QED) is 0.499. The molecule has 140 valence electrons. The molecule has 0 saturated heterocycles. The molecule has 3 N–H and O–H groups in total. The van der Waals surface area contributed by atoms with Crippen molar-refractivity contribution in [3.8, 4) is 5.75 Å². The molecule has 0 bridgehead atoms. The molecule has 1 aromatic heterocycles. The number of aryl methyl sites for hydroxylation is 2. The first-order chi connectivity index (χ1) is 13.0. The van der Waals surface area contributed by atoms with Gasteiger partial charge in [0.25, 0.3) is 0 Å². The minimum absolute atomic E-state index is 0.101. The summed E-state index contributed by atoms with van der Waals surface area (Å²) in [6, 6.07) is 13.6. The monoisotopic (exact) mass is 383 g/mol. The van der Waals surface area contributed by atoms with Crippen LogP contribution < -0.4 is 21.5 Å². The van der Waals surface area contributed by atoms with E-state index in [0.717, 1.165) is 32.8 Å². The summed E-state index contributed by atoms with van der Waals surface area (Å²) in [4.78, 5) is 12.6. The van der Waals surface area contributed by atoms with Gasteiger partial charge in [-0.25, -0.2) is 0 Å². The van der Waals surface area contributed by atoms with E-state index in [0.29, 0.717) is 10.9 Å². The molecule has 2 aromatic carbocycles. The van der Waals surface area contributed by atoms with Crippen LogP contribution in [-0.2, 0) is 5.75 Å². The summed E-state index contributed by atoms with van der Waals surface area (Å²) < 4.78 is 6.17. The van der Waals surface area contributed by atoms with Gasteiger partial charge in [-0.15, -0.1) is 10.2 Å². The zero-order chi connectivity index (χ0) is 19.4. The van der Waals surface area contributed by atoms with Gasteiger partial charge in [-0.3, -0.25) is 4.79 Å². The fourth-order valence-electron chi connectivity index (χ4n) is 2.56. The Morgan fingerprint density at radius 2 is 1.78 bits per heavy atom. The van der Waals surface area contributed by atoms with Gasteiger partial charge < -0.3 is 15.9 Å². The maximum absolute atomic E-state index is 12.6. The van der Waals surface area contributed by atoms with E-state index < -0.39 is 5.56 Å². The van der Waals surface area contributed by atoms with E-state index in [9.17, 15) is 4.79 Å². The largest absolute Gasteiger partial charge is 0.497 e. The molecule has 0 amide bonds. The molecule has 0 saturated carbocycles. The SMILES string of the molecule is COc1ccc(CSc2nnc(Nc3c(C)cccc3C)c(=O)n2N)cc1. The average molecular weight is 383 g/mol. The Balaban J connectivity index is 1.77. The minimum atomic E-state index is -0.426. The highest BCUT2D eigenvalue weighted by Gasteiger charge is 2.13. The molecule has 0 aliphatic heterocycles. The first kappa shape index (κ1) is 18.8. The van der Waals surface area contributed by atoms with Crippen LogP contribution in [0.2, 0.25) is 0 Å². The number of para-hydroxylation sites is 1. The molecule has 0 spiro atoms. The van der Waals surface area contributed by atoms with Crippen molar-refractivity contribution in [2.45, 2.75) is 24.8 Å². The first-order valence-electron chi connectivity index (χ1n) is 8.33. The predicted molar refractivity (Wildman–Crippen MR) is 108 cm³/mol. The highest BCUT2D eigenvalue weighted by atomic mass is 32.2. The number of nitrogens with zero attached hydrogens (tertiary/aromatic N) is 3. The summed E-state index contributed by atoms with van der Waals surface area (Å²) in [6.07, 6.45) is 0. The molecule has 0 atom stereocenters. The van der Waals surface area contributed by atoms with Crippen molar-refractivity contribution in [3.05, 3.63) is 69.5 Å². The Labute approximate surface area is 161 Å². The number of hydrogen-bond acceptors (Lipinski definition) is 7. The summed E-state index contributed by atoms with van der Waals surface area (Å²) in [6.45, 7) is 3.92. The number of hydrogen-bond donors (Lipinski definition) is 2. The average Bonchev–Trinajstić information content (AvgIpc) is 2.68. The molecule has 0 unspecified atom stereocenters. The topological polar surface area (TPSA) is 95.1 Å². The zero-order valence-electron chi connectivity index (χ0n) is 15.4. The Hall–Kier alpha value is -3.00. The van der Waals surface area contributed by atoms with E-state index in [4.69, 9.17) is 10.6 Å². The third-order valence-electron chi connectivity index (χ3n) is 4.11. The Kier molecular flexibility index (Phi) is 5.66. The van der Waals surface area contributed by atoms with Gasteiger partial charge in [0, 0.05) is 11.4 Å². The number of thioether (sulfide) groups is 1. The molecular formula is C19H21N5O2S. The van der Waals surface area contributed by atoms with Crippen LogP contribution in [0.5, 0.6) is 5.75 Å². The number of nitrogens with one attached hydrogen (secondary N) is 1. The number of benzene rings is 2. The molecular weight excluding hydrogens is 362 g/mol.